The summed E-state index contributed by atoms with van der Waals surface area (Å²) in [6.07, 6.45) is 36.1. The molecule has 20 atom stereocenters. The molecule has 0 radical (unpaired) electrons. The number of hydrogen-bond acceptors (Lipinski definition) is 24. The number of fused-ring (bicyclic) bond motifs is 8. The molecule has 0 aromatic rings. The van der Waals surface area contributed by atoms with Gasteiger partial charge in [-0.05, 0) is 345 Å². The van der Waals surface area contributed by atoms with Gasteiger partial charge in [0.05, 0.1) is 17.5 Å². The minimum absolute atomic E-state index is 0.117. The summed E-state index contributed by atoms with van der Waals surface area (Å²) < 4.78 is 93.0. The third-order valence-electron chi connectivity index (χ3n) is 32.0. The maximum atomic E-state index is 7.99. The molecule has 8 saturated carbocycles. The topological polar surface area (TPSA) is 111 Å². The van der Waals surface area contributed by atoms with E-state index in [0.29, 0.717) is 115 Å². The highest BCUT2D eigenvalue weighted by Crippen LogP contribution is 3.04. The van der Waals surface area contributed by atoms with Gasteiger partial charge >= 0.3 is 35.2 Å². The van der Waals surface area contributed by atoms with Gasteiger partial charge in [0.2, 0.25) is 0 Å². The first-order chi connectivity index (χ1) is 58.1. The van der Waals surface area contributed by atoms with Crippen LogP contribution in [0.2, 0.25) is 0 Å². The standard InChI is InChI=1S/C90H178O12S16Si4/c1-24-83-57-53-76(62-83)66-87(83,119(91-28-5,92-29-6)93-30-7)115(107,111-103)80(61-74(22)52-44-51-72(20)47-41-40-46-71(19)49-43-50-73(21)48-42-45-70(17)18)81(116(108,112-104)88(67-77-54-58-84(88,25-2)63-77)120(94-31-8,95-32-9)96-33-10)75(23)82(117(109,113-105)89(68-78-55-59-85(89,26-3)64-78)121(97-34-11,98-35-12)99-36-13)118(110,114-106)90(69-79-56-60-86(90,27-4)65-79)122(100-37-14,101-38-15)102-39-16/h70-74,76-79,103-110H,24-69H2,1-23H3. The molecule has 8 aliphatic carbocycles. The van der Waals surface area contributed by atoms with Crippen molar-refractivity contribution in [1.82, 2.24) is 0 Å². The van der Waals surface area contributed by atoms with E-state index in [1.54, 1.807) is 39.3 Å². The van der Waals surface area contributed by atoms with Crippen molar-refractivity contribution in [3.8, 4) is 0 Å². The first-order valence-electron chi connectivity index (χ1n) is 48.8. The van der Waals surface area contributed by atoms with Gasteiger partial charge in [0.25, 0.3) is 0 Å². The Balaban J connectivity index is 1.68. The van der Waals surface area contributed by atoms with E-state index in [1.165, 1.54) is 74.0 Å². The summed E-state index contributed by atoms with van der Waals surface area (Å²) >= 11 is 53.9. The van der Waals surface area contributed by atoms with Gasteiger partial charge in [0, 0.05) is 93.3 Å². The van der Waals surface area contributed by atoms with Crippen LogP contribution in [0.1, 0.15) is 378 Å². The van der Waals surface area contributed by atoms with Crippen molar-refractivity contribution in [3.05, 3.63) is 19.6 Å². The Labute approximate surface area is 813 Å². The molecule has 0 aromatic heterocycles. The predicted molar refractivity (Wildman–Crippen MR) is 581 cm³/mol. The van der Waals surface area contributed by atoms with Crippen LogP contribution in [0.4, 0.5) is 0 Å². The van der Waals surface area contributed by atoms with Crippen LogP contribution in [0.3, 0.4) is 0 Å². The van der Waals surface area contributed by atoms with Gasteiger partial charge in [0.15, 0.2) is 0 Å². The summed E-state index contributed by atoms with van der Waals surface area (Å²) in [6.45, 7) is 57.9. The molecule has 0 saturated heterocycles. The number of hydrogen-bond donors (Lipinski definition) is 8. The number of allylic oxidation sites excluding steroid dienone is 2. The fourth-order valence-corrected chi connectivity index (χ4v) is 104. The predicted octanol–water partition coefficient (Wildman–Crippen LogP) is 32.4. The average Bonchev–Trinajstić information content (AvgIpc) is 1.34. The van der Waals surface area contributed by atoms with Crippen LogP contribution < -0.4 is 0 Å². The minimum Gasteiger partial charge on any atom is -0.373 e. The molecule has 32 heteroatoms. The van der Waals surface area contributed by atoms with Crippen LogP contribution in [-0.2, 0) is 53.1 Å². The van der Waals surface area contributed by atoms with E-state index < -0.39 is 101 Å². The van der Waals surface area contributed by atoms with Crippen molar-refractivity contribution in [3.63, 3.8) is 0 Å². The van der Waals surface area contributed by atoms with Crippen LogP contribution >= 0.6 is 165 Å². The fourth-order valence-electron chi connectivity index (χ4n) is 27.3. The molecule has 0 aromatic carbocycles. The van der Waals surface area contributed by atoms with Crippen LogP contribution in [0, 0.1) is 74.9 Å². The Morgan fingerprint density at radius 3 is 0.754 bits per heavy atom. The molecule has 0 aliphatic heterocycles. The van der Waals surface area contributed by atoms with Gasteiger partial charge in [-0.2, -0.15) is 0 Å². The lowest BCUT2D eigenvalue weighted by Crippen LogP contribution is -2.73. The Morgan fingerprint density at radius 1 is 0.311 bits per heavy atom. The molecule has 0 heterocycles. The van der Waals surface area contributed by atoms with Gasteiger partial charge < -0.3 is 53.1 Å². The number of thiol groups is 8. The maximum absolute atomic E-state index is 7.99. The van der Waals surface area contributed by atoms with Crippen molar-refractivity contribution in [2.24, 2.45) is 74.9 Å². The molecule has 8 fully saturated rings. The molecular weight excluding hydrogens is 1900 g/mol. The van der Waals surface area contributed by atoms with E-state index >= 15 is 0 Å². The molecule has 122 heavy (non-hydrogen) atoms. The van der Waals surface area contributed by atoms with Gasteiger partial charge in [-0.25, -0.2) is 0 Å². The molecule has 8 bridgehead atoms. The van der Waals surface area contributed by atoms with Crippen LogP contribution in [0.25, 0.3) is 0 Å². The summed E-state index contributed by atoms with van der Waals surface area (Å²) in [5.41, 5.74) is -0.458. The quantitative estimate of drug-likeness (QED) is 0.00972. The van der Waals surface area contributed by atoms with Crippen LogP contribution in [-0.4, -0.2) is 132 Å². The van der Waals surface area contributed by atoms with Gasteiger partial charge in [-0.3, -0.25) is 0 Å². The van der Waals surface area contributed by atoms with Crippen LogP contribution in [0.5, 0.6) is 0 Å². The van der Waals surface area contributed by atoms with Gasteiger partial charge in [0.1, 0.15) is 0 Å². The molecule has 722 valence electrons. The van der Waals surface area contributed by atoms with Crippen molar-refractivity contribution in [1.29, 1.82) is 0 Å². The molecule has 0 spiro atoms. The molecule has 8 rings (SSSR count). The van der Waals surface area contributed by atoms with Crippen molar-refractivity contribution >= 4 is 200 Å². The highest BCUT2D eigenvalue weighted by molar-refractivity contribution is 9.43. The summed E-state index contributed by atoms with van der Waals surface area (Å²) in [5, 5.41) is 0. The van der Waals surface area contributed by atoms with Crippen molar-refractivity contribution < 1.29 is 53.1 Å². The maximum Gasteiger partial charge on any atom is 0.518 e. The molecule has 12 nitrogen and oxygen atoms in total. The molecule has 0 amide bonds. The monoisotopic (exact) mass is 2070 g/mol. The first kappa shape index (κ1) is 113. The lowest BCUT2D eigenvalue weighted by molar-refractivity contribution is 0.0340. The Kier molecular flexibility index (Phi) is 44.9. The second kappa shape index (κ2) is 48.6. The second-order valence-corrected chi connectivity index (χ2v) is 83.7. The molecule has 8 aliphatic rings. The van der Waals surface area contributed by atoms with Crippen molar-refractivity contribution in [2.75, 3.05) is 79.3 Å². The van der Waals surface area contributed by atoms with E-state index in [4.69, 9.17) is 146 Å². The zero-order valence-electron chi connectivity index (χ0n) is 80.5. The van der Waals surface area contributed by atoms with Crippen molar-refractivity contribution in [2.45, 2.75) is 395 Å². The Hall–Kier alpha value is 5.47. The summed E-state index contributed by atoms with van der Waals surface area (Å²) in [6, 6.07) is 0. The van der Waals surface area contributed by atoms with E-state index in [1.807, 2.05) is 0 Å². The normalized spacial score (nSPS) is 33.2. The Morgan fingerprint density at radius 2 is 0.533 bits per heavy atom. The van der Waals surface area contributed by atoms with E-state index in [2.05, 4.69) is 159 Å². The third kappa shape index (κ3) is 19.7. The summed E-state index contributed by atoms with van der Waals surface area (Å²) in [4.78, 5) is 2.45. The first-order valence-corrected chi connectivity index (χ1v) is 76.0. The highest BCUT2D eigenvalue weighted by atomic mass is 33.7. The lowest BCUT2D eigenvalue weighted by atomic mass is 9.80. The second-order valence-electron chi connectivity index (χ2n) is 38.7. The number of unbranched alkanes of at least 4 members (excludes halogenated alkanes) is 1. The molecular formula is C90H178O12S16Si4. The van der Waals surface area contributed by atoms with E-state index in [0.717, 1.165) is 175 Å². The average molecular weight is 2080 g/mol. The van der Waals surface area contributed by atoms with E-state index in [-0.39, 0.29) is 11.3 Å². The third-order valence-corrected chi connectivity index (χ3v) is 100. The minimum atomic E-state index is -4.16. The van der Waals surface area contributed by atoms with Gasteiger partial charge in [-0.15, -0.1) is 101 Å². The molecule has 20 unspecified atom stereocenters. The van der Waals surface area contributed by atoms with E-state index in [9.17, 15) is 0 Å². The molecule has 0 N–H and O–H groups in total. The highest BCUT2D eigenvalue weighted by Gasteiger charge is 2.88. The fraction of sp³-hybridized carbons (Fsp3) is 0.956. The SMILES string of the molecule is CCO[Si](OCC)(OCC)C1(S(S)(SS)C(CC(C)CCCC(C)CCCCC(C)CCCC(C)CCCC(C)C)=C(C(C)=C(S(S)(SS)C2([Si](OCC)(OCC)OCC)CC3CCC2(CC)C3)S(S)(SS)C2([Si](OCC)(OCC)OCC)CC3CCC2(CC)C3)S(S)(SS)C2([Si](OCC)(OCC)OCC)CC3CCC2(CC)C3)CC2CCC1(CC)C2. The number of rotatable bonds is 64. The zero-order chi connectivity index (χ0) is 90.3. The summed E-state index contributed by atoms with van der Waals surface area (Å²) in [5.74, 6) is 4.40. The van der Waals surface area contributed by atoms with Crippen LogP contribution in [0.15, 0.2) is 19.6 Å². The Bertz CT molecular complexity index is 3160. The lowest BCUT2D eigenvalue weighted by Gasteiger charge is -2.69. The summed E-state index contributed by atoms with van der Waals surface area (Å²) in [7, 11) is -22.1. The zero-order valence-corrected chi connectivity index (χ0v) is 98.2. The largest absolute Gasteiger partial charge is 0.518 e. The smallest absolute Gasteiger partial charge is 0.373 e. The van der Waals surface area contributed by atoms with Gasteiger partial charge in [-0.1, -0.05) is 177 Å².